The number of carbonyl (C=O) groups is 2. The van der Waals surface area contributed by atoms with Gasteiger partial charge in [0.2, 0.25) is 5.91 Å². The molecule has 3 nitrogen and oxygen atoms in total. The van der Waals surface area contributed by atoms with Crippen molar-refractivity contribution in [1.82, 2.24) is 0 Å². The Morgan fingerprint density at radius 2 is 1.27 bits per heavy atom. The molecular weight excluding hydrogens is 346 g/mol. The summed E-state index contributed by atoms with van der Waals surface area (Å²) in [7, 11) is 0. The number of ketones is 1. The molecule has 1 amide bonds. The van der Waals surface area contributed by atoms with E-state index in [4.69, 9.17) is 11.6 Å². The number of halogens is 1. The molecule has 1 aromatic rings. The van der Waals surface area contributed by atoms with Crippen molar-refractivity contribution < 1.29 is 9.59 Å². The van der Waals surface area contributed by atoms with Gasteiger partial charge in [-0.15, -0.1) is 11.6 Å². The third-order valence-corrected chi connectivity index (χ3v) is 4.69. The number of rotatable bonds is 4. The predicted molar refractivity (Wildman–Crippen MR) is 112 cm³/mol. The summed E-state index contributed by atoms with van der Waals surface area (Å²) in [6.07, 6.45) is -0.197. The summed E-state index contributed by atoms with van der Waals surface area (Å²) in [6.45, 7) is 19.4. The summed E-state index contributed by atoms with van der Waals surface area (Å²) in [5, 5.41) is 3.02. The number of anilines is 1. The minimum Gasteiger partial charge on any atom is -0.325 e. The quantitative estimate of drug-likeness (QED) is 0.537. The molecular formula is C22H34ClNO2. The first-order valence-electron chi connectivity index (χ1n) is 9.14. The van der Waals surface area contributed by atoms with Crippen molar-refractivity contribution in [2.45, 2.75) is 85.0 Å². The first kappa shape index (κ1) is 22.7. The smallest absolute Gasteiger partial charge is 0.231 e. The molecule has 0 bridgehead atoms. The maximum absolute atomic E-state index is 12.4. The van der Waals surface area contributed by atoms with Crippen molar-refractivity contribution >= 4 is 29.0 Å². The SMILES string of the molecule is CC(C)(C)c1cc(C(C)(C)C)c(NC(=O)CC(=O)CCl)c(C(C)(C)C)c1. The molecule has 0 saturated carbocycles. The van der Waals surface area contributed by atoms with E-state index in [0.29, 0.717) is 0 Å². The second-order valence-electron chi connectivity index (χ2n) is 10.1. The van der Waals surface area contributed by atoms with Gasteiger partial charge in [0.15, 0.2) is 5.78 Å². The Balaban J connectivity index is 3.64. The van der Waals surface area contributed by atoms with E-state index in [1.165, 1.54) is 5.56 Å². The highest BCUT2D eigenvalue weighted by atomic mass is 35.5. The van der Waals surface area contributed by atoms with Gasteiger partial charge in [0, 0.05) is 5.69 Å². The number of benzene rings is 1. The van der Waals surface area contributed by atoms with Crippen molar-refractivity contribution in [2.24, 2.45) is 0 Å². The Morgan fingerprint density at radius 1 is 0.846 bits per heavy atom. The van der Waals surface area contributed by atoms with Gasteiger partial charge in [0.25, 0.3) is 0 Å². The monoisotopic (exact) mass is 379 g/mol. The number of hydrogen-bond donors (Lipinski definition) is 1. The van der Waals surface area contributed by atoms with Crippen LogP contribution in [0.3, 0.4) is 0 Å². The van der Waals surface area contributed by atoms with E-state index in [-0.39, 0.29) is 40.2 Å². The van der Waals surface area contributed by atoms with Crippen LogP contribution in [0.1, 0.15) is 85.4 Å². The second kappa shape index (κ2) is 7.72. The number of amides is 1. The molecule has 146 valence electrons. The zero-order valence-electron chi connectivity index (χ0n) is 17.8. The maximum Gasteiger partial charge on any atom is 0.231 e. The average Bonchev–Trinajstić information content (AvgIpc) is 2.43. The minimum absolute atomic E-state index is 0.00285. The molecule has 0 spiro atoms. The van der Waals surface area contributed by atoms with Crippen molar-refractivity contribution in [2.75, 3.05) is 11.2 Å². The number of alkyl halides is 1. The van der Waals surface area contributed by atoms with Crippen LogP contribution in [0.5, 0.6) is 0 Å². The topological polar surface area (TPSA) is 46.2 Å². The van der Waals surface area contributed by atoms with Gasteiger partial charge in [-0.1, -0.05) is 74.4 Å². The van der Waals surface area contributed by atoms with Gasteiger partial charge in [-0.2, -0.15) is 0 Å². The Bertz CT molecular complexity index is 651. The van der Waals surface area contributed by atoms with Gasteiger partial charge in [0.05, 0.1) is 12.3 Å². The number of nitrogens with one attached hydrogen (secondary N) is 1. The van der Waals surface area contributed by atoms with Crippen LogP contribution in [0.4, 0.5) is 5.69 Å². The summed E-state index contributed by atoms with van der Waals surface area (Å²) in [5.41, 5.74) is 3.92. The van der Waals surface area contributed by atoms with Crippen LogP contribution in [0.2, 0.25) is 0 Å². The van der Waals surface area contributed by atoms with Gasteiger partial charge in [-0.05, 0) is 32.9 Å². The maximum atomic E-state index is 12.4. The molecule has 0 aliphatic heterocycles. The van der Waals surface area contributed by atoms with Gasteiger partial charge in [-0.3, -0.25) is 9.59 Å². The van der Waals surface area contributed by atoms with Crippen LogP contribution in [0, 0.1) is 0 Å². The lowest BCUT2D eigenvalue weighted by Crippen LogP contribution is -2.27. The highest BCUT2D eigenvalue weighted by Gasteiger charge is 2.30. The van der Waals surface area contributed by atoms with Gasteiger partial charge in [0.1, 0.15) is 0 Å². The molecule has 0 fully saturated rings. The third kappa shape index (κ3) is 5.84. The summed E-state index contributed by atoms with van der Waals surface area (Å²) in [6, 6.07) is 4.38. The van der Waals surface area contributed by atoms with Crippen LogP contribution in [0.25, 0.3) is 0 Å². The first-order chi connectivity index (χ1) is 11.6. The highest BCUT2D eigenvalue weighted by molar-refractivity contribution is 6.29. The van der Waals surface area contributed by atoms with Crippen molar-refractivity contribution in [1.29, 1.82) is 0 Å². The summed E-state index contributed by atoms with van der Waals surface area (Å²) < 4.78 is 0. The van der Waals surface area contributed by atoms with E-state index in [9.17, 15) is 9.59 Å². The zero-order chi connectivity index (χ0) is 20.5. The molecule has 26 heavy (non-hydrogen) atoms. The zero-order valence-corrected chi connectivity index (χ0v) is 18.5. The summed E-state index contributed by atoms with van der Waals surface area (Å²) in [5.74, 6) is -0.727. The fraction of sp³-hybridized carbons (Fsp3) is 0.636. The van der Waals surface area contributed by atoms with Crippen molar-refractivity contribution in [3.8, 4) is 0 Å². The van der Waals surface area contributed by atoms with Gasteiger partial charge < -0.3 is 5.32 Å². The van der Waals surface area contributed by atoms with E-state index in [2.05, 4.69) is 79.8 Å². The van der Waals surface area contributed by atoms with Crippen LogP contribution < -0.4 is 5.32 Å². The van der Waals surface area contributed by atoms with E-state index in [0.717, 1.165) is 16.8 Å². The summed E-state index contributed by atoms with van der Waals surface area (Å²) in [4.78, 5) is 24.0. The Hall–Kier alpha value is -1.35. The number of Topliss-reactive ketones (excluding diaryl/α,β-unsaturated/α-hetero) is 1. The van der Waals surface area contributed by atoms with Crippen molar-refractivity contribution in [3.63, 3.8) is 0 Å². The molecule has 0 aliphatic rings. The Labute approximate surface area is 163 Å². The molecule has 0 aromatic heterocycles. The van der Waals surface area contributed by atoms with E-state index < -0.39 is 0 Å². The van der Waals surface area contributed by atoms with Gasteiger partial charge in [-0.25, -0.2) is 0 Å². The molecule has 0 aliphatic carbocycles. The lowest BCUT2D eigenvalue weighted by molar-refractivity contribution is -0.124. The Kier molecular flexibility index (Phi) is 6.74. The molecule has 0 atom stereocenters. The van der Waals surface area contributed by atoms with Crippen LogP contribution in [0.15, 0.2) is 12.1 Å². The number of carbonyl (C=O) groups excluding carboxylic acids is 2. The normalized spacial score (nSPS) is 12.8. The van der Waals surface area contributed by atoms with Crippen LogP contribution >= 0.6 is 11.6 Å². The second-order valence-corrected chi connectivity index (χ2v) is 10.4. The molecule has 0 heterocycles. The fourth-order valence-electron chi connectivity index (χ4n) is 2.80. The molecule has 0 saturated heterocycles. The third-order valence-electron chi connectivity index (χ3n) is 4.39. The Morgan fingerprint density at radius 3 is 1.58 bits per heavy atom. The van der Waals surface area contributed by atoms with Crippen molar-refractivity contribution in [3.05, 3.63) is 28.8 Å². The van der Waals surface area contributed by atoms with E-state index in [1.54, 1.807) is 0 Å². The largest absolute Gasteiger partial charge is 0.325 e. The predicted octanol–water partition coefficient (Wildman–Crippen LogP) is 5.72. The van der Waals surface area contributed by atoms with Crippen LogP contribution in [-0.2, 0) is 25.8 Å². The van der Waals surface area contributed by atoms with Crippen LogP contribution in [-0.4, -0.2) is 17.6 Å². The molecule has 1 aromatic carbocycles. The van der Waals surface area contributed by atoms with E-state index >= 15 is 0 Å². The van der Waals surface area contributed by atoms with Gasteiger partial charge >= 0.3 is 0 Å². The summed E-state index contributed by atoms with van der Waals surface area (Å²) >= 11 is 5.55. The molecule has 4 heteroatoms. The van der Waals surface area contributed by atoms with E-state index in [1.807, 2.05) is 0 Å². The molecule has 0 unspecified atom stereocenters. The lowest BCUT2D eigenvalue weighted by Gasteiger charge is -2.33. The standard InChI is InChI=1S/C22H34ClNO2/c1-20(2,3)14-10-16(21(4,5)6)19(17(11-14)22(7,8)9)24-18(26)12-15(25)13-23/h10-11H,12-13H2,1-9H3,(H,24,26). The first-order valence-corrected chi connectivity index (χ1v) is 9.68. The molecule has 1 N–H and O–H groups in total. The molecule has 0 radical (unpaired) electrons. The fourth-order valence-corrected chi connectivity index (χ4v) is 2.90. The minimum atomic E-state index is -0.310. The number of hydrogen-bond acceptors (Lipinski definition) is 2. The lowest BCUT2D eigenvalue weighted by atomic mass is 9.74. The molecule has 1 rings (SSSR count). The highest BCUT2D eigenvalue weighted by Crippen LogP contribution is 2.41. The average molecular weight is 380 g/mol.